The highest BCUT2D eigenvalue weighted by Crippen LogP contribution is 2.43. The van der Waals surface area contributed by atoms with E-state index in [-0.39, 0.29) is 22.0 Å². The molecule has 0 saturated heterocycles. The van der Waals surface area contributed by atoms with Crippen molar-refractivity contribution in [2.45, 2.75) is 88.7 Å². The lowest BCUT2D eigenvalue weighted by atomic mass is 9.68. The first-order valence-corrected chi connectivity index (χ1v) is 10.3. The van der Waals surface area contributed by atoms with Crippen molar-refractivity contribution in [3.63, 3.8) is 0 Å². The number of rotatable bonds is 5. The van der Waals surface area contributed by atoms with Crippen molar-refractivity contribution in [2.75, 3.05) is 7.05 Å². The molecule has 3 unspecified atom stereocenters. The zero-order valence-electron chi connectivity index (χ0n) is 14.2. The molecule has 0 aromatic carbocycles. The summed E-state index contributed by atoms with van der Waals surface area (Å²) in [7, 11) is -1.06. The van der Waals surface area contributed by atoms with Crippen LogP contribution in [-0.2, 0) is 9.84 Å². The van der Waals surface area contributed by atoms with E-state index in [1.54, 1.807) is 0 Å². The summed E-state index contributed by atoms with van der Waals surface area (Å²) in [5, 5.41) is 3.06. The number of sulfone groups is 1. The van der Waals surface area contributed by atoms with Crippen molar-refractivity contribution in [2.24, 2.45) is 11.3 Å². The van der Waals surface area contributed by atoms with Gasteiger partial charge in [-0.15, -0.1) is 0 Å². The Morgan fingerprint density at radius 1 is 1.10 bits per heavy atom. The average Bonchev–Trinajstić information content (AvgIpc) is 3.01. The third-order valence-electron chi connectivity index (χ3n) is 6.37. The fourth-order valence-electron chi connectivity index (χ4n) is 4.29. The van der Waals surface area contributed by atoms with Crippen molar-refractivity contribution >= 4 is 9.84 Å². The molecule has 2 rings (SSSR count). The van der Waals surface area contributed by atoms with Gasteiger partial charge in [-0.3, -0.25) is 0 Å². The van der Waals surface area contributed by atoms with Crippen LogP contribution < -0.4 is 5.32 Å². The third kappa shape index (κ3) is 3.47. The molecule has 4 heteroatoms. The highest BCUT2D eigenvalue weighted by atomic mass is 32.2. The summed E-state index contributed by atoms with van der Waals surface area (Å²) in [5.41, 5.74) is 0.252. The zero-order chi connectivity index (χ0) is 15.7. The predicted octanol–water partition coefficient (Wildman–Crippen LogP) is 3.54. The summed E-state index contributed by atoms with van der Waals surface area (Å²) in [5.74, 6) is 0.535. The molecule has 0 aromatic rings. The van der Waals surface area contributed by atoms with Gasteiger partial charge in [0.15, 0.2) is 9.84 Å². The van der Waals surface area contributed by atoms with E-state index < -0.39 is 9.84 Å². The quantitative estimate of drug-likeness (QED) is 0.844. The van der Waals surface area contributed by atoms with E-state index in [0.717, 1.165) is 51.4 Å². The summed E-state index contributed by atoms with van der Waals surface area (Å²) < 4.78 is 26.2. The molecule has 1 N–H and O–H groups in total. The van der Waals surface area contributed by atoms with Crippen molar-refractivity contribution in [1.29, 1.82) is 0 Å². The van der Waals surface area contributed by atoms with Gasteiger partial charge >= 0.3 is 0 Å². The maximum absolute atomic E-state index is 13.1. The van der Waals surface area contributed by atoms with Crippen LogP contribution in [0.5, 0.6) is 0 Å². The first-order chi connectivity index (χ1) is 9.82. The van der Waals surface area contributed by atoms with E-state index in [4.69, 9.17) is 0 Å². The van der Waals surface area contributed by atoms with Gasteiger partial charge in [0.25, 0.3) is 0 Å². The van der Waals surface area contributed by atoms with E-state index in [1.165, 1.54) is 0 Å². The molecule has 3 atom stereocenters. The molecule has 0 aromatic heterocycles. The molecule has 0 radical (unpaired) electrons. The van der Waals surface area contributed by atoms with Gasteiger partial charge in [-0.2, -0.15) is 0 Å². The van der Waals surface area contributed by atoms with Gasteiger partial charge < -0.3 is 5.32 Å². The Morgan fingerprint density at radius 3 is 2.24 bits per heavy atom. The van der Waals surface area contributed by atoms with Crippen LogP contribution in [0.15, 0.2) is 0 Å². The Kier molecular flexibility index (Phi) is 5.40. The lowest BCUT2D eigenvalue weighted by Crippen LogP contribution is -2.51. The lowest BCUT2D eigenvalue weighted by molar-refractivity contribution is 0.140. The van der Waals surface area contributed by atoms with Gasteiger partial charge in [-0.1, -0.05) is 40.0 Å². The van der Waals surface area contributed by atoms with Crippen LogP contribution in [0.25, 0.3) is 0 Å². The topological polar surface area (TPSA) is 46.2 Å². The van der Waals surface area contributed by atoms with Gasteiger partial charge in [0.2, 0.25) is 0 Å². The first kappa shape index (κ1) is 17.3. The largest absolute Gasteiger partial charge is 0.316 e. The van der Waals surface area contributed by atoms with E-state index in [9.17, 15) is 8.42 Å². The minimum absolute atomic E-state index is 0.0677. The fourth-order valence-corrected chi connectivity index (χ4v) is 7.00. The van der Waals surface area contributed by atoms with Crippen LogP contribution in [-0.4, -0.2) is 32.0 Å². The Balaban J connectivity index is 2.20. The molecule has 0 spiro atoms. The molecular formula is C17H33NO2S. The van der Waals surface area contributed by atoms with Crippen molar-refractivity contribution < 1.29 is 8.42 Å². The number of hydrogen-bond donors (Lipinski definition) is 1. The molecule has 0 amide bonds. The Labute approximate surface area is 131 Å². The lowest BCUT2D eigenvalue weighted by Gasteiger charge is -2.43. The maximum atomic E-state index is 13.1. The van der Waals surface area contributed by atoms with Crippen molar-refractivity contribution in [1.82, 2.24) is 5.32 Å². The molecule has 21 heavy (non-hydrogen) atoms. The molecule has 0 aliphatic heterocycles. The van der Waals surface area contributed by atoms with E-state index in [0.29, 0.717) is 5.92 Å². The number of hydrogen-bond acceptors (Lipinski definition) is 3. The SMILES string of the molecule is CCC(C)(C)C1CCC(NC)C(S(=O)(=O)C2CCCC2)C1. The van der Waals surface area contributed by atoms with E-state index >= 15 is 0 Å². The van der Waals surface area contributed by atoms with Gasteiger partial charge in [0.05, 0.1) is 10.5 Å². The second-order valence-corrected chi connectivity index (χ2v) is 10.2. The normalized spacial score (nSPS) is 32.5. The van der Waals surface area contributed by atoms with Crippen LogP contribution in [0.1, 0.15) is 72.1 Å². The van der Waals surface area contributed by atoms with Crippen LogP contribution in [0.3, 0.4) is 0 Å². The molecule has 0 heterocycles. The van der Waals surface area contributed by atoms with Crippen LogP contribution in [0, 0.1) is 11.3 Å². The van der Waals surface area contributed by atoms with Crippen LogP contribution >= 0.6 is 0 Å². The smallest absolute Gasteiger partial charge is 0.157 e. The molecule has 3 nitrogen and oxygen atoms in total. The standard InChI is InChI=1S/C17H33NO2S/c1-5-17(2,3)13-10-11-15(18-4)16(12-13)21(19,20)14-8-6-7-9-14/h13-16,18H,5-12H2,1-4H3. The molecular weight excluding hydrogens is 282 g/mol. The van der Waals surface area contributed by atoms with Gasteiger partial charge in [-0.05, 0) is 50.5 Å². The third-order valence-corrected chi connectivity index (χ3v) is 9.13. The molecule has 0 bridgehead atoms. The summed E-state index contributed by atoms with van der Waals surface area (Å²) in [6, 6.07) is 0.152. The van der Waals surface area contributed by atoms with Gasteiger partial charge in [-0.25, -0.2) is 8.42 Å². The highest BCUT2D eigenvalue weighted by Gasteiger charge is 2.45. The minimum Gasteiger partial charge on any atom is -0.316 e. The van der Waals surface area contributed by atoms with Crippen molar-refractivity contribution in [3.05, 3.63) is 0 Å². The van der Waals surface area contributed by atoms with Crippen LogP contribution in [0.2, 0.25) is 0 Å². The highest BCUT2D eigenvalue weighted by molar-refractivity contribution is 7.92. The Morgan fingerprint density at radius 2 is 1.71 bits per heavy atom. The second-order valence-electron chi connectivity index (χ2n) is 7.78. The predicted molar refractivity (Wildman–Crippen MR) is 89.2 cm³/mol. The molecule has 2 fully saturated rings. The maximum Gasteiger partial charge on any atom is 0.157 e. The molecule has 2 saturated carbocycles. The summed E-state index contributed by atoms with van der Waals surface area (Å²) in [6.45, 7) is 6.83. The number of nitrogens with one attached hydrogen (secondary N) is 1. The summed E-state index contributed by atoms with van der Waals surface area (Å²) in [6.07, 6.45) is 8.08. The fraction of sp³-hybridized carbons (Fsp3) is 1.00. The van der Waals surface area contributed by atoms with Crippen molar-refractivity contribution in [3.8, 4) is 0 Å². The molecule has 2 aliphatic rings. The van der Waals surface area contributed by atoms with Gasteiger partial charge in [0, 0.05) is 6.04 Å². The Hall–Kier alpha value is -0.0900. The molecule has 2 aliphatic carbocycles. The molecule has 124 valence electrons. The monoisotopic (exact) mass is 315 g/mol. The van der Waals surface area contributed by atoms with E-state index in [2.05, 4.69) is 26.1 Å². The average molecular weight is 316 g/mol. The Bertz CT molecular complexity index is 438. The zero-order valence-corrected chi connectivity index (χ0v) is 15.0. The summed E-state index contributed by atoms with van der Waals surface area (Å²) >= 11 is 0. The second kappa shape index (κ2) is 6.57. The first-order valence-electron chi connectivity index (χ1n) is 8.73. The van der Waals surface area contributed by atoms with Gasteiger partial charge in [0.1, 0.15) is 0 Å². The van der Waals surface area contributed by atoms with Crippen LogP contribution in [0.4, 0.5) is 0 Å². The van der Waals surface area contributed by atoms with E-state index in [1.807, 2.05) is 7.05 Å². The minimum atomic E-state index is -2.99. The summed E-state index contributed by atoms with van der Waals surface area (Å²) in [4.78, 5) is 0.